The molecular formula is C25H38FmN4O7PS-. The van der Waals surface area contributed by atoms with Gasteiger partial charge in [0.1, 0.15) is 0 Å². The summed E-state index contributed by atoms with van der Waals surface area (Å²) in [5.74, 6) is 0.0147. The first kappa shape index (κ1) is 35.5. The van der Waals surface area contributed by atoms with Gasteiger partial charge < -0.3 is 35.2 Å². The molecule has 3 rings (SSSR count). The third-order valence-corrected chi connectivity index (χ3v) is 7.00. The van der Waals surface area contributed by atoms with E-state index in [1.165, 1.54) is 10.4 Å². The standard InChI is InChI=1S/C12H21N2O2.C12H12N2OS.CH5O4P.Fm/c1-9-6-5-7-14(9)11(16)10(13-8-15)12(2,3)4;1-9-12(16-8-14-9)11-4-2-10(3-5-11)6-13-7-15;2-1-5-6(3)4;/h9-10H,5-7H2,1-4H3,(H,13,15);2-5,7-8H,6H2,1H3,(H,13,15);2-4H,1H2;/q-1;;;. The molecule has 14 heteroatoms. The topological polar surface area (TPSA) is 161 Å². The van der Waals surface area contributed by atoms with E-state index in [9.17, 15) is 14.4 Å². The molecule has 5 N–H and O–H groups in total. The summed E-state index contributed by atoms with van der Waals surface area (Å²) in [6.07, 6.45) is 4.45. The van der Waals surface area contributed by atoms with Crippen molar-refractivity contribution in [3.05, 3.63) is 41.0 Å². The van der Waals surface area contributed by atoms with Crippen molar-refractivity contribution in [1.29, 1.82) is 0 Å². The Balaban J connectivity index is 0.000000603. The van der Waals surface area contributed by atoms with Gasteiger partial charge in [0.25, 0.3) is 0 Å². The number of carbonyl (C=O) groups excluding carboxylic acids is 3. The second-order valence-corrected chi connectivity index (χ2v) is 11.2. The van der Waals surface area contributed by atoms with Gasteiger partial charge in [0.05, 0.1) is 22.1 Å². The summed E-state index contributed by atoms with van der Waals surface area (Å²) in [6, 6.07) is 7.96. The van der Waals surface area contributed by atoms with Crippen molar-refractivity contribution >= 4 is 38.7 Å². The molecule has 3 amide bonds. The number of hydrogen-bond donors (Lipinski definition) is 5. The summed E-state index contributed by atoms with van der Waals surface area (Å²) in [4.78, 5) is 55.8. The number of hydrogen-bond acceptors (Lipinski definition) is 9. The largest absolute Gasteiger partial charge is 0.520 e. The van der Waals surface area contributed by atoms with Crippen LogP contribution in [0.5, 0.6) is 0 Å². The number of nitrogens with one attached hydrogen (secondary N) is 2. The van der Waals surface area contributed by atoms with Crippen molar-refractivity contribution < 1.29 is 33.8 Å². The van der Waals surface area contributed by atoms with Gasteiger partial charge in [-0.25, -0.2) is 4.98 Å². The number of thiazole rings is 1. The number of aliphatic hydroxyl groups excluding tert-OH is 1. The van der Waals surface area contributed by atoms with Crippen LogP contribution < -0.4 is 10.6 Å². The zero-order chi connectivity index (χ0) is 28.7. The van der Waals surface area contributed by atoms with Crippen molar-refractivity contribution in [2.75, 3.05) is 13.3 Å². The van der Waals surface area contributed by atoms with Crippen molar-refractivity contribution in [3.8, 4) is 10.4 Å². The minimum atomic E-state index is -2.35. The molecule has 1 aliphatic rings. The van der Waals surface area contributed by atoms with Crippen LogP contribution in [0.15, 0.2) is 29.8 Å². The maximum Gasteiger partial charge on any atom is 0.329 e. The first-order valence-corrected chi connectivity index (χ1v) is 14.0. The van der Waals surface area contributed by atoms with Gasteiger partial charge in [-0.1, -0.05) is 45.0 Å². The molecule has 2 aromatic rings. The summed E-state index contributed by atoms with van der Waals surface area (Å²) in [5.41, 5.74) is 4.90. The van der Waals surface area contributed by atoms with Gasteiger partial charge >= 0.3 is 8.60 Å². The van der Waals surface area contributed by atoms with E-state index in [4.69, 9.17) is 14.9 Å². The van der Waals surface area contributed by atoms with Crippen LogP contribution in [0.4, 0.5) is 0 Å². The van der Waals surface area contributed by atoms with Crippen LogP contribution in [0.1, 0.15) is 51.8 Å². The normalized spacial score (nSPS) is 15.1. The number of aliphatic hydroxyl groups is 1. The van der Waals surface area contributed by atoms with Gasteiger partial charge in [0, 0.05) is 19.1 Å². The number of likely N-dealkylation sites (tertiary alicyclic amines) is 1. The zero-order valence-corrected chi connectivity index (χ0v) is 26.8. The van der Waals surface area contributed by atoms with E-state index in [2.05, 4.69) is 39.2 Å². The van der Waals surface area contributed by atoms with Crippen molar-refractivity contribution in [1.82, 2.24) is 20.5 Å². The van der Waals surface area contributed by atoms with Gasteiger partial charge in [-0.15, -0.1) is 11.3 Å². The van der Waals surface area contributed by atoms with E-state index in [-0.39, 0.29) is 17.4 Å². The van der Waals surface area contributed by atoms with Crippen LogP contribution in [0.25, 0.3) is 10.4 Å². The Kier molecular flexibility index (Phi) is 16.3. The van der Waals surface area contributed by atoms with E-state index < -0.39 is 21.4 Å². The van der Waals surface area contributed by atoms with E-state index in [1.54, 1.807) is 17.7 Å². The van der Waals surface area contributed by atoms with Crippen LogP contribution in [0.3, 0.4) is 0 Å². The maximum atomic E-state index is 12.3. The summed E-state index contributed by atoms with van der Waals surface area (Å²) >= 11 is 1.64. The summed E-state index contributed by atoms with van der Waals surface area (Å²) in [5, 5.41) is 12.9. The Morgan fingerprint density at radius 2 is 1.97 bits per heavy atom. The summed E-state index contributed by atoms with van der Waals surface area (Å²) in [6.45, 7) is 10.6. The molecule has 1 saturated heterocycles. The molecule has 0 saturated carbocycles. The molecule has 0 aliphatic carbocycles. The van der Waals surface area contributed by atoms with Gasteiger partial charge in [-0.05, 0) is 43.2 Å². The Morgan fingerprint density at radius 1 is 1.33 bits per heavy atom. The SMILES string of the molecule is CC1CCCN1C(=O)C(N[C-]=O)C(C)(C)C.Cc1ncsc1-c1ccc(CNC=O)cc1.OCOP(O)O.[Fm]. The van der Waals surface area contributed by atoms with Gasteiger partial charge in [-0.3, -0.25) is 14.1 Å². The minimum Gasteiger partial charge on any atom is -0.520 e. The molecule has 224 valence electrons. The molecule has 0 bridgehead atoms. The number of aryl methyl sites for hydroxylation is 1. The number of rotatable bonds is 9. The number of amides is 3. The first-order chi connectivity index (χ1) is 18.0. The van der Waals surface area contributed by atoms with Crippen molar-refractivity contribution in [2.24, 2.45) is 5.41 Å². The van der Waals surface area contributed by atoms with Crippen molar-refractivity contribution in [3.63, 3.8) is 0 Å². The zero-order valence-electron chi connectivity index (χ0n) is 22.7. The predicted molar refractivity (Wildman–Crippen MR) is 147 cm³/mol. The Labute approximate surface area is 229 Å². The molecule has 1 aromatic heterocycles. The Hall–Kier alpha value is -3.47. The molecule has 2 unspecified atom stereocenters. The number of nitrogens with zero attached hydrogens (tertiary/aromatic N) is 2. The van der Waals surface area contributed by atoms with Crippen LogP contribution in [-0.4, -0.2) is 68.9 Å². The van der Waals surface area contributed by atoms with Gasteiger partial charge in [-0.2, -0.15) is 6.41 Å². The fraction of sp³-hybridized carbons (Fsp3) is 0.520. The third kappa shape index (κ3) is 12.3. The van der Waals surface area contributed by atoms with E-state index >= 15 is 0 Å². The molecule has 0 spiro atoms. The molecule has 1 fully saturated rings. The van der Waals surface area contributed by atoms with Crippen LogP contribution in [0, 0.1) is 12.3 Å². The molecule has 2 heterocycles. The second kappa shape index (κ2) is 17.9. The third-order valence-electron chi connectivity index (χ3n) is 5.68. The summed E-state index contributed by atoms with van der Waals surface area (Å²) < 4.78 is 3.77. The van der Waals surface area contributed by atoms with Gasteiger partial charge in [0.15, 0.2) is 6.79 Å². The molecule has 2 atom stereocenters. The molecule has 0 radical (unpaired) electrons. The number of carbonyl (C=O) groups is 2. The maximum absolute atomic E-state index is 12.3. The first-order valence-electron chi connectivity index (χ1n) is 12.0. The quantitative estimate of drug-likeness (QED) is 0.0849. The van der Waals surface area contributed by atoms with Crippen LogP contribution in [-0.2, 0) is 25.5 Å². The molecule has 1 aromatic carbocycles. The average Bonchev–Trinajstić information content (AvgIpc) is 3.49. The fourth-order valence-corrected chi connectivity index (χ4v) is 4.61. The van der Waals surface area contributed by atoms with Crippen molar-refractivity contribution in [2.45, 2.75) is 66.1 Å². The van der Waals surface area contributed by atoms with Crippen LogP contribution in [0.2, 0.25) is 0 Å². The van der Waals surface area contributed by atoms with E-state index in [0.717, 1.165) is 30.6 Å². The monoisotopic (exact) mass is 826 g/mol. The number of aromatic nitrogens is 1. The smallest absolute Gasteiger partial charge is 0.329 e. The second-order valence-electron chi connectivity index (χ2n) is 9.54. The minimum absolute atomic E-state index is 0. The van der Waals surface area contributed by atoms with Gasteiger partial charge in [0.2, 0.25) is 12.3 Å². The predicted octanol–water partition coefficient (Wildman–Crippen LogP) is 2.60. The fourth-order valence-electron chi connectivity index (χ4n) is 3.70. The Morgan fingerprint density at radius 3 is 2.36 bits per heavy atom. The molecule has 11 nitrogen and oxygen atoms in total. The van der Waals surface area contributed by atoms with Crippen LogP contribution >= 0.6 is 19.9 Å². The molecule has 39 heavy (non-hydrogen) atoms. The average molecular weight is 827 g/mol. The van der Waals surface area contributed by atoms with E-state index in [0.29, 0.717) is 13.0 Å². The molecule has 1 aliphatic heterocycles. The summed E-state index contributed by atoms with van der Waals surface area (Å²) in [7, 11) is -2.35. The number of benzene rings is 1. The van der Waals surface area contributed by atoms with E-state index in [1.807, 2.05) is 50.2 Å². The Bertz CT molecular complexity index is 990. The molecular weight excluding hydrogens is 788 g/mol.